The lowest BCUT2D eigenvalue weighted by atomic mass is 10.0. The normalized spacial score (nSPS) is 17.9. The summed E-state index contributed by atoms with van der Waals surface area (Å²) in [6.45, 7) is 4.67. The average molecular weight is 482 g/mol. The average Bonchev–Trinajstić information content (AvgIpc) is 3.41. The van der Waals surface area contributed by atoms with Gasteiger partial charge in [0.15, 0.2) is 5.82 Å². The smallest absolute Gasteiger partial charge is 0.275 e. The highest BCUT2D eigenvalue weighted by Gasteiger charge is 2.27. The molecule has 0 radical (unpaired) electrons. The Morgan fingerprint density at radius 3 is 2.88 bits per heavy atom. The van der Waals surface area contributed by atoms with Gasteiger partial charge in [-0.25, -0.2) is 13.4 Å². The molecule has 2 aliphatic heterocycles. The van der Waals surface area contributed by atoms with Crippen molar-refractivity contribution in [3.63, 3.8) is 0 Å². The fourth-order valence-electron chi connectivity index (χ4n) is 4.57. The summed E-state index contributed by atoms with van der Waals surface area (Å²) in [5.74, 6) is 1.75. The minimum atomic E-state index is -3.30. The first-order chi connectivity index (χ1) is 16.4. The van der Waals surface area contributed by atoms with E-state index in [0.717, 1.165) is 29.8 Å². The number of hydrogen-bond acceptors (Lipinski definition) is 7. The molecule has 0 aromatic carbocycles. The molecule has 5 rings (SSSR count). The van der Waals surface area contributed by atoms with Gasteiger partial charge >= 0.3 is 0 Å². The van der Waals surface area contributed by atoms with Crippen LogP contribution in [0.15, 0.2) is 30.5 Å². The van der Waals surface area contributed by atoms with Gasteiger partial charge in [0, 0.05) is 31.7 Å². The molecular weight excluding hydrogens is 454 g/mol. The number of nitrogens with zero attached hydrogens (tertiary/aromatic N) is 6. The molecule has 10 nitrogen and oxygen atoms in total. The number of amides is 1. The molecule has 11 heteroatoms. The maximum Gasteiger partial charge on any atom is 0.275 e. The summed E-state index contributed by atoms with van der Waals surface area (Å²) in [5, 5.41) is 11.4. The van der Waals surface area contributed by atoms with Crippen molar-refractivity contribution in [3.05, 3.63) is 53.1 Å². The van der Waals surface area contributed by atoms with Crippen LogP contribution in [0, 0.1) is 0 Å². The summed E-state index contributed by atoms with van der Waals surface area (Å²) in [6, 6.07) is 7.36. The summed E-state index contributed by atoms with van der Waals surface area (Å²) < 4.78 is 28.6. The lowest BCUT2D eigenvalue weighted by Crippen LogP contribution is -2.37. The number of aryl methyl sites for hydroxylation is 1. The largest absolute Gasteiger partial charge is 0.307 e. The van der Waals surface area contributed by atoms with Gasteiger partial charge in [0.2, 0.25) is 10.0 Å². The van der Waals surface area contributed by atoms with Gasteiger partial charge in [0.05, 0.1) is 5.75 Å². The molecule has 0 fully saturated rings. The Labute approximate surface area is 198 Å². The second kappa shape index (κ2) is 8.88. The highest BCUT2D eigenvalue weighted by atomic mass is 32.2. The molecule has 0 spiro atoms. The van der Waals surface area contributed by atoms with E-state index in [1.165, 1.54) is 4.31 Å². The van der Waals surface area contributed by atoms with Crippen LogP contribution in [0.1, 0.15) is 60.2 Å². The van der Waals surface area contributed by atoms with Gasteiger partial charge in [0.1, 0.15) is 23.0 Å². The summed E-state index contributed by atoms with van der Waals surface area (Å²) >= 11 is 0. The molecule has 0 saturated carbocycles. The lowest BCUT2D eigenvalue weighted by Gasteiger charge is -2.28. The molecule has 3 aromatic heterocycles. The van der Waals surface area contributed by atoms with Crippen molar-refractivity contribution in [3.8, 4) is 11.5 Å². The standard InChI is InChI=1S/C23H27N7O3S/c1-3-11-34(32,33)29-10-9-16-13-24-19(12-17(16)14-29)23(31)26-20-6-4-5-18(25-20)22-28-27-21-8-7-15(2)30(21)22/h4-6,12-13,15H,3,7-11,14H2,1-2H3,(H,25,26,31)/t15-/m1/s1. The second-order valence-corrected chi connectivity index (χ2v) is 10.9. The van der Waals surface area contributed by atoms with Crippen molar-refractivity contribution >= 4 is 21.7 Å². The molecule has 34 heavy (non-hydrogen) atoms. The molecule has 2 aliphatic rings. The van der Waals surface area contributed by atoms with Gasteiger partial charge in [-0.05, 0) is 55.5 Å². The van der Waals surface area contributed by atoms with Crippen molar-refractivity contribution in [2.24, 2.45) is 0 Å². The third-order valence-electron chi connectivity index (χ3n) is 6.36. The SMILES string of the molecule is CCCS(=O)(=O)N1CCc2cnc(C(=O)Nc3cccc(-c4nnc5n4[C@H](C)CC5)n3)cc2C1. The van der Waals surface area contributed by atoms with Crippen LogP contribution in [0.25, 0.3) is 11.5 Å². The van der Waals surface area contributed by atoms with Crippen molar-refractivity contribution in [1.82, 2.24) is 29.0 Å². The van der Waals surface area contributed by atoms with Crippen molar-refractivity contribution in [2.45, 2.75) is 52.1 Å². The van der Waals surface area contributed by atoms with Crippen LogP contribution < -0.4 is 5.32 Å². The van der Waals surface area contributed by atoms with E-state index in [-0.39, 0.29) is 18.0 Å². The number of rotatable bonds is 6. The molecule has 1 amide bonds. The van der Waals surface area contributed by atoms with E-state index in [2.05, 4.69) is 37.0 Å². The number of carbonyl (C=O) groups excluding carboxylic acids is 1. The number of aromatic nitrogens is 5. The van der Waals surface area contributed by atoms with E-state index in [1.54, 1.807) is 18.3 Å². The number of carbonyl (C=O) groups is 1. The summed E-state index contributed by atoms with van der Waals surface area (Å²) in [7, 11) is -3.30. The van der Waals surface area contributed by atoms with Crippen LogP contribution in [0.2, 0.25) is 0 Å². The quantitative estimate of drug-likeness (QED) is 0.574. The Balaban J connectivity index is 1.35. The fraction of sp³-hybridized carbons (Fsp3) is 0.435. The van der Waals surface area contributed by atoms with E-state index in [1.807, 2.05) is 19.1 Å². The van der Waals surface area contributed by atoms with Crippen LogP contribution in [0.5, 0.6) is 0 Å². The summed E-state index contributed by atoms with van der Waals surface area (Å²) in [5.41, 5.74) is 2.63. The summed E-state index contributed by atoms with van der Waals surface area (Å²) in [4.78, 5) is 21.8. The zero-order valence-corrected chi connectivity index (χ0v) is 20.0. The Morgan fingerprint density at radius 2 is 2.06 bits per heavy atom. The van der Waals surface area contributed by atoms with E-state index >= 15 is 0 Å². The minimum Gasteiger partial charge on any atom is -0.307 e. The number of anilines is 1. The zero-order valence-electron chi connectivity index (χ0n) is 19.2. The Kier molecular flexibility index (Phi) is 5.90. The fourth-order valence-corrected chi connectivity index (χ4v) is 6.05. The van der Waals surface area contributed by atoms with E-state index in [4.69, 9.17) is 0 Å². The van der Waals surface area contributed by atoms with Gasteiger partial charge in [0.25, 0.3) is 5.91 Å². The first-order valence-corrected chi connectivity index (χ1v) is 13.1. The molecule has 0 aliphatic carbocycles. The number of nitrogens with one attached hydrogen (secondary N) is 1. The van der Waals surface area contributed by atoms with E-state index in [9.17, 15) is 13.2 Å². The van der Waals surface area contributed by atoms with E-state index < -0.39 is 15.9 Å². The molecule has 3 aromatic rings. The predicted octanol–water partition coefficient (Wildman–Crippen LogP) is 2.59. The topological polar surface area (TPSA) is 123 Å². The number of pyridine rings is 2. The van der Waals surface area contributed by atoms with Gasteiger partial charge < -0.3 is 9.88 Å². The first-order valence-electron chi connectivity index (χ1n) is 11.5. The molecule has 1 N–H and O–H groups in total. The summed E-state index contributed by atoms with van der Waals surface area (Å²) in [6.07, 6.45) is 4.73. The van der Waals surface area contributed by atoms with Crippen LogP contribution in [-0.4, -0.2) is 55.7 Å². The molecule has 0 saturated heterocycles. The lowest BCUT2D eigenvalue weighted by molar-refractivity contribution is 0.102. The van der Waals surface area contributed by atoms with Crippen LogP contribution in [0.4, 0.5) is 5.82 Å². The molecule has 178 valence electrons. The molecule has 0 bridgehead atoms. The van der Waals surface area contributed by atoms with Gasteiger partial charge in [-0.2, -0.15) is 4.31 Å². The monoisotopic (exact) mass is 481 g/mol. The number of fused-ring (bicyclic) bond motifs is 2. The third kappa shape index (κ3) is 4.21. The van der Waals surface area contributed by atoms with Gasteiger partial charge in [-0.3, -0.25) is 9.78 Å². The molecule has 1 atom stereocenters. The Bertz CT molecular complexity index is 1350. The Hall–Kier alpha value is -3.18. The first kappa shape index (κ1) is 22.6. The Morgan fingerprint density at radius 1 is 1.21 bits per heavy atom. The zero-order chi connectivity index (χ0) is 23.9. The predicted molar refractivity (Wildman–Crippen MR) is 127 cm³/mol. The minimum absolute atomic E-state index is 0.122. The van der Waals surface area contributed by atoms with Crippen LogP contribution >= 0.6 is 0 Å². The van der Waals surface area contributed by atoms with Gasteiger partial charge in [-0.1, -0.05) is 13.0 Å². The van der Waals surface area contributed by atoms with E-state index in [0.29, 0.717) is 42.8 Å². The van der Waals surface area contributed by atoms with Crippen molar-refractivity contribution < 1.29 is 13.2 Å². The highest BCUT2D eigenvalue weighted by Crippen LogP contribution is 2.30. The third-order valence-corrected chi connectivity index (χ3v) is 8.38. The van der Waals surface area contributed by atoms with Crippen LogP contribution in [-0.2, 0) is 29.4 Å². The van der Waals surface area contributed by atoms with Crippen LogP contribution in [0.3, 0.4) is 0 Å². The van der Waals surface area contributed by atoms with Crippen molar-refractivity contribution in [1.29, 1.82) is 0 Å². The van der Waals surface area contributed by atoms with Crippen molar-refractivity contribution in [2.75, 3.05) is 17.6 Å². The molecular formula is C23H27N7O3S. The second-order valence-electron chi connectivity index (χ2n) is 8.80. The number of sulfonamides is 1. The molecule has 5 heterocycles. The maximum absolute atomic E-state index is 12.9. The maximum atomic E-state index is 12.9. The molecule has 0 unspecified atom stereocenters. The number of hydrogen-bond donors (Lipinski definition) is 1. The van der Waals surface area contributed by atoms with Gasteiger partial charge in [-0.15, -0.1) is 10.2 Å². The highest BCUT2D eigenvalue weighted by molar-refractivity contribution is 7.89.